The molecule has 84 valence electrons. The summed E-state index contributed by atoms with van der Waals surface area (Å²) in [6, 6.07) is 1.91. The Morgan fingerprint density at radius 2 is 2.33 bits per heavy atom. The van der Waals surface area contributed by atoms with Crippen molar-refractivity contribution in [1.29, 1.82) is 0 Å². The molecular formula is C11H17NO2S. The molecule has 1 aromatic rings. The number of hydrogen-bond donors (Lipinski definition) is 2. The lowest BCUT2D eigenvalue weighted by atomic mass is 10.0. The molecule has 2 N–H and O–H groups in total. The zero-order chi connectivity index (χ0) is 11.5. The van der Waals surface area contributed by atoms with Gasteiger partial charge in [-0.05, 0) is 37.3 Å². The van der Waals surface area contributed by atoms with Gasteiger partial charge >= 0.3 is 0 Å². The van der Waals surface area contributed by atoms with Gasteiger partial charge in [0.05, 0.1) is 10.5 Å². The lowest BCUT2D eigenvalue weighted by Crippen LogP contribution is -2.39. The Morgan fingerprint density at radius 3 is 2.80 bits per heavy atom. The van der Waals surface area contributed by atoms with Crippen LogP contribution in [0.2, 0.25) is 0 Å². The van der Waals surface area contributed by atoms with E-state index in [1.54, 1.807) is 6.92 Å². The first-order chi connectivity index (χ1) is 6.96. The highest BCUT2D eigenvalue weighted by Crippen LogP contribution is 2.15. The van der Waals surface area contributed by atoms with Crippen LogP contribution in [0.4, 0.5) is 0 Å². The van der Waals surface area contributed by atoms with Crippen LogP contribution in [0, 0.1) is 6.92 Å². The Bertz CT molecular complexity index is 344. The van der Waals surface area contributed by atoms with E-state index < -0.39 is 5.60 Å². The van der Waals surface area contributed by atoms with Gasteiger partial charge in [0.25, 0.3) is 5.91 Å². The number of carbonyl (C=O) groups excluding carboxylic acids is 1. The summed E-state index contributed by atoms with van der Waals surface area (Å²) >= 11 is 1.42. The standard InChI is InChI=1S/C11H17NO2S/c1-4-11(3,14)7-12-10(13)9-8(2)5-6-15-9/h5-6,14H,4,7H2,1-3H3,(H,12,13). The van der Waals surface area contributed by atoms with E-state index in [4.69, 9.17) is 0 Å². The highest BCUT2D eigenvalue weighted by Gasteiger charge is 2.19. The number of carbonyl (C=O) groups is 1. The maximum absolute atomic E-state index is 11.7. The van der Waals surface area contributed by atoms with Crippen LogP contribution in [-0.4, -0.2) is 23.2 Å². The van der Waals surface area contributed by atoms with Gasteiger partial charge in [-0.15, -0.1) is 11.3 Å². The fourth-order valence-corrected chi connectivity index (χ4v) is 1.92. The third-order valence-corrected chi connectivity index (χ3v) is 3.48. The quantitative estimate of drug-likeness (QED) is 0.826. The largest absolute Gasteiger partial charge is 0.388 e. The first-order valence-electron chi connectivity index (χ1n) is 5.01. The molecule has 0 aliphatic carbocycles. The van der Waals surface area contributed by atoms with Crippen molar-refractivity contribution >= 4 is 17.2 Å². The van der Waals surface area contributed by atoms with Crippen LogP contribution in [0.5, 0.6) is 0 Å². The molecule has 0 aliphatic heterocycles. The molecule has 1 aromatic heterocycles. The Labute approximate surface area is 94.1 Å². The molecule has 1 rings (SSSR count). The molecule has 0 spiro atoms. The number of nitrogens with one attached hydrogen (secondary N) is 1. The summed E-state index contributed by atoms with van der Waals surface area (Å²) in [5, 5.41) is 14.4. The summed E-state index contributed by atoms with van der Waals surface area (Å²) in [5.74, 6) is -0.101. The van der Waals surface area contributed by atoms with Crippen LogP contribution in [0.1, 0.15) is 35.5 Å². The van der Waals surface area contributed by atoms with Crippen molar-refractivity contribution in [2.45, 2.75) is 32.8 Å². The van der Waals surface area contributed by atoms with Crippen molar-refractivity contribution in [3.05, 3.63) is 21.9 Å². The van der Waals surface area contributed by atoms with Crippen LogP contribution >= 0.6 is 11.3 Å². The Hall–Kier alpha value is -0.870. The van der Waals surface area contributed by atoms with Gasteiger partial charge in [-0.25, -0.2) is 0 Å². The predicted molar refractivity (Wildman–Crippen MR) is 62.3 cm³/mol. The topological polar surface area (TPSA) is 49.3 Å². The summed E-state index contributed by atoms with van der Waals surface area (Å²) in [5.41, 5.74) is 0.162. The minimum Gasteiger partial charge on any atom is -0.388 e. The van der Waals surface area contributed by atoms with Gasteiger partial charge in [-0.1, -0.05) is 6.92 Å². The summed E-state index contributed by atoms with van der Waals surface area (Å²) in [6.07, 6.45) is 0.622. The third-order valence-electron chi connectivity index (χ3n) is 2.46. The van der Waals surface area contributed by atoms with Gasteiger partial charge in [-0.2, -0.15) is 0 Å². The van der Waals surface area contributed by atoms with Gasteiger partial charge in [-0.3, -0.25) is 4.79 Å². The lowest BCUT2D eigenvalue weighted by Gasteiger charge is -2.21. The van der Waals surface area contributed by atoms with Crippen molar-refractivity contribution in [3.8, 4) is 0 Å². The van der Waals surface area contributed by atoms with E-state index in [0.29, 0.717) is 13.0 Å². The highest BCUT2D eigenvalue weighted by molar-refractivity contribution is 7.12. The van der Waals surface area contributed by atoms with E-state index in [2.05, 4.69) is 5.32 Å². The number of aryl methyl sites for hydroxylation is 1. The number of thiophene rings is 1. The van der Waals surface area contributed by atoms with E-state index in [-0.39, 0.29) is 5.91 Å². The van der Waals surface area contributed by atoms with E-state index in [1.807, 2.05) is 25.3 Å². The molecule has 1 unspecified atom stereocenters. The second-order valence-electron chi connectivity index (χ2n) is 3.97. The van der Waals surface area contributed by atoms with Crippen LogP contribution in [0.25, 0.3) is 0 Å². The number of aliphatic hydroxyl groups is 1. The third kappa shape index (κ3) is 3.32. The summed E-state index contributed by atoms with van der Waals surface area (Å²) in [6.45, 7) is 5.81. The SMILES string of the molecule is CCC(C)(O)CNC(=O)c1sccc1C. The normalized spacial score (nSPS) is 14.7. The zero-order valence-electron chi connectivity index (χ0n) is 9.33. The van der Waals surface area contributed by atoms with E-state index in [9.17, 15) is 9.90 Å². The van der Waals surface area contributed by atoms with Crippen LogP contribution < -0.4 is 5.32 Å². The van der Waals surface area contributed by atoms with Crippen LogP contribution in [0.15, 0.2) is 11.4 Å². The fourth-order valence-electron chi connectivity index (χ4n) is 1.08. The van der Waals surface area contributed by atoms with E-state index >= 15 is 0 Å². The molecule has 0 aromatic carbocycles. The monoisotopic (exact) mass is 227 g/mol. The van der Waals surface area contributed by atoms with Gasteiger partial charge in [0.1, 0.15) is 0 Å². The molecule has 1 atom stereocenters. The first-order valence-corrected chi connectivity index (χ1v) is 5.89. The van der Waals surface area contributed by atoms with Crippen LogP contribution in [0.3, 0.4) is 0 Å². The predicted octanol–water partition coefficient (Wildman–Crippen LogP) is 1.95. The zero-order valence-corrected chi connectivity index (χ0v) is 10.1. The van der Waals surface area contributed by atoms with E-state index in [0.717, 1.165) is 10.4 Å². The van der Waals surface area contributed by atoms with Crippen molar-refractivity contribution in [2.24, 2.45) is 0 Å². The van der Waals surface area contributed by atoms with Gasteiger partial charge in [0.15, 0.2) is 0 Å². The molecule has 15 heavy (non-hydrogen) atoms. The summed E-state index contributed by atoms with van der Waals surface area (Å²) in [4.78, 5) is 12.4. The number of hydrogen-bond acceptors (Lipinski definition) is 3. The summed E-state index contributed by atoms with van der Waals surface area (Å²) < 4.78 is 0. The van der Waals surface area contributed by atoms with Crippen molar-refractivity contribution in [2.75, 3.05) is 6.54 Å². The molecule has 0 saturated heterocycles. The fraction of sp³-hybridized carbons (Fsp3) is 0.545. The minimum atomic E-state index is -0.819. The van der Waals surface area contributed by atoms with Gasteiger partial charge in [0, 0.05) is 6.54 Å². The molecule has 1 heterocycles. The van der Waals surface area contributed by atoms with Crippen molar-refractivity contribution < 1.29 is 9.90 Å². The number of rotatable bonds is 4. The van der Waals surface area contributed by atoms with E-state index in [1.165, 1.54) is 11.3 Å². The Morgan fingerprint density at radius 1 is 1.67 bits per heavy atom. The maximum atomic E-state index is 11.7. The highest BCUT2D eigenvalue weighted by atomic mass is 32.1. The molecule has 0 fully saturated rings. The first kappa shape index (κ1) is 12.2. The molecule has 1 amide bonds. The second-order valence-corrected chi connectivity index (χ2v) is 4.88. The van der Waals surface area contributed by atoms with Gasteiger partial charge in [0.2, 0.25) is 0 Å². The van der Waals surface area contributed by atoms with Crippen LogP contribution in [-0.2, 0) is 0 Å². The molecule has 0 bridgehead atoms. The smallest absolute Gasteiger partial charge is 0.261 e. The maximum Gasteiger partial charge on any atom is 0.261 e. The van der Waals surface area contributed by atoms with Gasteiger partial charge < -0.3 is 10.4 Å². The number of amides is 1. The minimum absolute atomic E-state index is 0.101. The second kappa shape index (κ2) is 4.77. The van der Waals surface area contributed by atoms with Crippen molar-refractivity contribution in [3.63, 3.8) is 0 Å². The molecule has 0 radical (unpaired) electrons. The summed E-state index contributed by atoms with van der Waals surface area (Å²) in [7, 11) is 0. The lowest BCUT2D eigenvalue weighted by molar-refractivity contribution is 0.0519. The molecule has 3 nitrogen and oxygen atoms in total. The average molecular weight is 227 g/mol. The Balaban J connectivity index is 2.55. The molecule has 4 heteroatoms. The van der Waals surface area contributed by atoms with Crippen molar-refractivity contribution in [1.82, 2.24) is 5.32 Å². The average Bonchev–Trinajstić information content (AvgIpc) is 2.61. The Kier molecular flexibility index (Phi) is 3.88. The molecule has 0 saturated carbocycles. The molecule has 0 aliphatic rings. The molecular weight excluding hydrogens is 210 g/mol.